The maximum atomic E-state index is 14.5. The van der Waals surface area contributed by atoms with Gasteiger partial charge >= 0.3 is 0 Å². The Morgan fingerprint density at radius 1 is 1.00 bits per heavy atom. The van der Waals surface area contributed by atoms with Gasteiger partial charge in [0.25, 0.3) is 0 Å². The molecule has 0 fully saturated rings. The minimum absolute atomic E-state index is 0.133. The summed E-state index contributed by atoms with van der Waals surface area (Å²) in [5.41, 5.74) is 6.63. The maximum Gasteiger partial charge on any atom is 0.234 e. The van der Waals surface area contributed by atoms with Crippen molar-refractivity contribution in [1.29, 1.82) is 0 Å². The van der Waals surface area contributed by atoms with E-state index in [9.17, 15) is 4.79 Å². The lowest BCUT2D eigenvalue weighted by atomic mass is 9.81. The lowest BCUT2D eigenvalue weighted by Crippen LogP contribution is -2.36. The number of benzene rings is 3. The molecule has 6 nitrogen and oxygen atoms in total. The summed E-state index contributed by atoms with van der Waals surface area (Å²) < 4.78 is 8.30. The average molecular weight is 565 g/mol. The standard InChI is InChI=1S/C36H44N4O2/c1-27(2)30-17-19-31(20-18-30)40(25-29-23-37-39(24-29)22-10-21-38(3)4)36(41)34-15-8-14-33-32(34)13-9-16-35(33)42-26-28-11-6-5-7-12-28/h5-7,9,11-13,16-20,23-24,27,34H,8,10,14-15,21-22,25-26H2,1-4H3. The summed E-state index contributed by atoms with van der Waals surface area (Å²) in [6, 6.07) is 24.9. The van der Waals surface area contributed by atoms with E-state index in [1.165, 1.54) is 11.1 Å². The van der Waals surface area contributed by atoms with Crippen molar-refractivity contribution in [3.63, 3.8) is 0 Å². The number of anilines is 1. The molecule has 6 heteroatoms. The number of fused-ring (bicyclic) bond motifs is 1. The number of rotatable bonds is 12. The fraction of sp³-hybridized carbons (Fsp3) is 0.389. The van der Waals surface area contributed by atoms with Crippen LogP contribution in [0.5, 0.6) is 5.75 Å². The molecule has 0 saturated heterocycles. The number of aryl methyl sites for hydroxylation is 1. The highest BCUT2D eigenvalue weighted by Crippen LogP contribution is 2.39. The third kappa shape index (κ3) is 7.29. The van der Waals surface area contributed by atoms with Crippen LogP contribution in [0.25, 0.3) is 0 Å². The molecule has 0 radical (unpaired) electrons. The van der Waals surface area contributed by atoms with Crippen LogP contribution >= 0.6 is 0 Å². The Morgan fingerprint density at radius 3 is 2.52 bits per heavy atom. The predicted molar refractivity (Wildman–Crippen MR) is 170 cm³/mol. The lowest BCUT2D eigenvalue weighted by molar-refractivity contribution is -0.120. The number of hydrogen-bond donors (Lipinski definition) is 0. The predicted octanol–water partition coefficient (Wildman–Crippen LogP) is 7.19. The van der Waals surface area contributed by atoms with E-state index in [1.807, 2.05) is 46.1 Å². The fourth-order valence-electron chi connectivity index (χ4n) is 5.81. The zero-order valence-electron chi connectivity index (χ0n) is 25.5. The van der Waals surface area contributed by atoms with Crippen LogP contribution in [0.2, 0.25) is 0 Å². The van der Waals surface area contributed by atoms with Gasteiger partial charge in [-0.25, -0.2) is 0 Å². The topological polar surface area (TPSA) is 50.6 Å². The van der Waals surface area contributed by atoms with Crippen LogP contribution in [-0.2, 0) is 30.9 Å². The minimum Gasteiger partial charge on any atom is -0.489 e. The molecule has 0 bridgehead atoms. The summed E-state index contributed by atoms with van der Waals surface area (Å²) in [7, 11) is 4.18. The Morgan fingerprint density at radius 2 is 1.79 bits per heavy atom. The lowest BCUT2D eigenvalue weighted by Gasteiger charge is -2.32. The van der Waals surface area contributed by atoms with Crippen molar-refractivity contribution in [2.45, 2.75) is 71.1 Å². The van der Waals surface area contributed by atoms with Gasteiger partial charge in [-0.2, -0.15) is 5.10 Å². The van der Waals surface area contributed by atoms with E-state index in [2.05, 4.69) is 86.6 Å². The third-order valence-electron chi connectivity index (χ3n) is 8.16. The molecule has 220 valence electrons. The smallest absolute Gasteiger partial charge is 0.234 e. The summed E-state index contributed by atoms with van der Waals surface area (Å²) in [6.07, 6.45) is 7.73. The zero-order valence-corrected chi connectivity index (χ0v) is 25.5. The number of ether oxygens (including phenoxy) is 1. The molecule has 1 aliphatic rings. The molecule has 0 aliphatic heterocycles. The second-order valence-electron chi connectivity index (χ2n) is 12.0. The second-order valence-corrected chi connectivity index (χ2v) is 12.0. The zero-order chi connectivity index (χ0) is 29.5. The van der Waals surface area contributed by atoms with E-state index < -0.39 is 0 Å². The largest absolute Gasteiger partial charge is 0.489 e. The van der Waals surface area contributed by atoms with Crippen LogP contribution in [0, 0.1) is 0 Å². The molecule has 1 heterocycles. The first-order chi connectivity index (χ1) is 20.4. The van der Waals surface area contributed by atoms with Crippen molar-refractivity contribution in [2.75, 3.05) is 25.5 Å². The highest BCUT2D eigenvalue weighted by Gasteiger charge is 2.32. The molecule has 42 heavy (non-hydrogen) atoms. The molecule has 3 aromatic carbocycles. The van der Waals surface area contributed by atoms with Gasteiger partial charge in [-0.1, -0.05) is 68.4 Å². The van der Waals surface area contributed by atoms with Crippen LogP contribution in [-0.4, -0.2) is 41.2 Å². The minimum atomic E-state index is -0.214. The van der Waals surface area contributed by atoms with Gasteiger partial charge in [-0.05, 0) is 92.7 Å². The van der Waals surface area contributed by atoms with Gasteiger partial charge in [0, 0.05) is 24.0 Å². The number of nitrogens with zero attached hydrogens (tertiary/aromatic N) is 4. The molecular formula is C36H44N4O2. The average Bonchev–Trinajstić information content (AvgIpc) is 3.45. The molecule has 1 aromatic heterocycles. The molecule has 0 spiro atoms. The number of carbonyl (C=O) groups is 1. The molecular weight excluding hydrogens is 520 g/mol. The normalized spacial score (nSPS) is 14.7. The van der Waals surface area contributed by atoms with Crippen molar-refractivity contribution >= 4 is 11.6 Å². The molecule has 0 saturated carbocycles. The first-order valence-electron chi connectivity index (χ1n) is 15.2. The van der Waals surface area contributed by atoms with Gasteiger partial charge < -0.3 is 14.5 Å². The number of amides is 1. The van der Waals surface area contributed by atoms with Gasteiger partial charge in [0.2, 0.25) is 5.91 Å². The van der Waals surface area contributed by atoms with Gasteiger partial charge in [0.15, 0.2) is 0 Å². The van der Waals surface area contributed by atoms with Crippen LogP contribution in [0.4, 0.5) is 5.69 Å². The summed E-state index contributed by atoms with van der Waals surface area (Å²) >= 11 is 0. The van der Waals surface area contributed by atoms with Gasteiger partial charge in [-0.3, -0.25) is 9.48 Å². The highest BCUT2D eigenvalue weighted by molar-refractivity contribution is 5.98. The Hall–Kier alpha value is -3.90. The van der Waals surface area contributed by atoms with E-state index in [0.29, 0.717) is 19.1 Å². The summed E-state index contributed by atoms with van der Waals surface area (Å²) in [4.78, 5) is 18.6. The molecule has 1 aliphatic carbocycles. The summed E-state index contributed by atoms with van der Waals surface area (Å²) in [5.74, 6) is 1.24. The Labute approximate surface area is 250 Å². The van der Waals surface area contributed by atoms with Crippen molar-refractivity contribution in [3.05, 3.63) is 113 Å². The first kappa shape index (κ1) is 29.6. The fourth-order valence-corrected chi connectivity index (χ4v) is 5.81. The maximum absolute atomic E-state index is 14.5. The molecule has 1 unspecified atom stereocenters. The van der Waals surface area contributed by atoms with Crippen molar-refractivity contribution in [2.24, 2.45) is 0 Å². The van der Waals surface area contributed by atoms with E-state index in [0.717, 1.165) is 66.9 Å². The van der Waals surface area contributed by atoms with E-state index >= 15 is 0 Å². The Kier molecular flexibility index (Phi) is 9.75. The quantitative estimate of drug-likeness (QED) is 0.183. The van der Waals surface area contributed by atoms with E-state index in [1.54, 1.807) is 0 Å². The van der Waals surface area contributed by atoms with Gasteiger partial charge in [0.05, 0.1) is 18.7 Å². The monoisotopic (exact) mass is 564 g/mol. The van der Waals surface area contributed by atoms with Crippen LogP contribution in [0.3, 0.4) is 0 Å². The van der Waals surface area contributed by atoms with E-state index in [4.69, 9.17) is 4.74 Å². The van der Waals surface area contributed by atoms with Gasteiger partial charge in [0.1, 0.15) is 12.4 Å². The second kappa shape index (κ2) is 13.8. The highest BCUT2D eigenvalue weighted by atomic mass is 16.5. The number of aromatic nitrogens is 2. The van der Waals surface area contributed by atoms with Crippen molar-refractivity contribution in [3.8, 4) is 5.75 Å². The molecule has 1 atom stereocenters. The molecule has 5 rings (SSSR count). The van der Waals surface area contributed by atoms with Crippen LogP contribution in [0.15, 0.2) is 85.2 Å². The van der Waals surface area contributed by atoms with E-state index in [-0.39, 0.29) is 11.8 Å². The molecule has 4 aromatic rings. The first-order valence-corrected chi connectivity index (χ1v) is 15.2. The Bertz CT molecular complexity index is 1440. The SMILES string of the molecule is CC(C)c1ccc(N(Cc2cnn(CCCN(C)C)c2)C(=O)C2CCCc3c(OCc4ccccc4)cccc32)cc1. The van der Waals surface area contributed by atoms with Crippen LogP contribution < -0.4 is 9.64 Å². The van der Waals surface area contributed by atoms with Crippen molar-refractivity contribution < 1.29 is 9.53 Å². The van der Waals surface area contributed by atoms with Crippen LogP contribution in [0.1, 0.15) is 72.8 Å². The molecule has 0 N–H and O–H groups in total. The summed E-state index contributed by atoms with van der Waals surface area (Å²) in [6.45, 7) is 7.27. The number of carbonyl (C=O) groups excluding carboxylic acids is 1. The Balaban J connectivity index is 1.40. The third-order valence-corrected chi connectivity index (χ3v) is 8.16. The number of hydrogen-bond acceptors (Lipinski definition) is 4. The van der Waals surface area contributed by atoms with Gasteiger partial charge in [-0.15, -0.1) is 0 Å². The summed E-state index contributed by atoms with van der Waals surface area (Å²) in [5, 5.41) is 4.61. The van der Waals surface area contributed by atoms with Crippen molar-refractivity contribution in [1.82, 2.24) is 14.7 Å². The molecule has 1 amide bonds.